The van der Waals surface area contributed by atoms with E-state index in [2.05, 4.69) is 17.2 Å². The van der Waals surface area contributed by atoms with Crippen LogP contribution >= 0.6 is 0 Å². The lowest BCUT2D eigenvalue weighted by molar-refractivity contribution is 0.141. The number of carbonyl (C=O) groups excluding carboxylic acids is 1. The highest BCUT2D eigenvalue weighted by atomic mass is 19.1. The number of carbonyl (C=O) groups is 1. The molecule has 3 nitrogen and oxygen atoms in total. The number of alkyl carbamates (subject to hydrolysis) is 1. The number of ether oxygens (including phenoxy) is 1. The van der Waals surface area contributed by atoms with Crippen LogP contribution in [0.15, 0.2) is 54.6 Å². The Labute approximate surface area is 122 Å². The quantitative estimate of drug-likeness (QED) is 0.879. The van der Waals surface area contributed by atoms with Crippen LogP contribution in [0.3, 0.4) is 0 Å². The predicted octanol–water partition coefficient (Wildman–Crippen LogP) is 3.10. The summed E-state index contributed by atoms with van der Waals surface area (Å²) in [5, 5.41) is 2.53. The number of amides is 1. The van der Waals surface area contributed by atoms with E-state index in [9.17, 15) is 9.18 Å². The molecule has 0 aliphatic rings. The number of halogens is 1. The van der Waals surface area contributed by atoms with Gasteiger partial charge in [-0.15, -0.1) is 0 Å². The second kappa shape index (κ2) is 7.71. The molecule has 0 radical (unpaired) electrons. The Bertz CT molecular complexity index is 642. The van der Waals surface area contributed by atoms with Crippen molar-refractivity contribution < 1.29 is 13.9 Å². The van der Waals surface area contributed by atoms with Crippen LogP contribution in [0.4, 0.5) is 9.18 Å². The fraction of sp³-hybridized carbons (Fsp3) is 0.118. The Morgan fingerprint density at radius 1 is 1.10 bits per heavy atom. The van der Waals surface area contributed by atoms with Gasteiger partial charge in [0.1, 0.15) is 12.4 Å². The highest BCUT2D eigenvalue weighted by molar-refractivity contribution is 5.67. The minimum absolute atomic E-state index is 0.172. The number of hydrogen-bond donors (Lipinski definition) is 1. The third-order valence-electron chi connectivity index (χ3n) is 2.61. The monoisotopic (exact) mass is 283 g/mol. The van der Waals surface area contributed by atoms with Gasteiger partial charge in [-0.3, -0.25) is 0 Å². The summed E-state index contributed by atoms with van der Waals surface area (Å²) >= 11 is 0. The van der Waals surface area contributed by atoms with Crippen LogP contribution in [-0.4, -0.2) is 12.6 Å². The molecule has 0 spiro atoms. The number of benzene rings is 2. The van der Waals surface area contributed by atoms with Crippen LogP contribution in [0.5, 0.6) is 0 Å². The van der Waals surface area contributed by atoms with Crippen LogP contribution in [-0.2, 0) is 11.3 Å². The number of nitrogens with one attached hydrogen (secondary N) is 1. The van der Waals surface area contributed by atoms with Crippen molar-refractivity contribution in [3.8, 4) is 11.8 Å². The van der Waals surface area contributed by atoms with Crippen molar-refractivity contribution in [3.05, 3.63) is 71.5 Å². The van der Waals surface area contributed by atoms with Crippen molar-refractivity contribution in [2.24, 2.45) is 0 Å². The molecule has 0 bridgehead atoms. The van der Waals surface area contributed by atoms with E-state index in [1.807, 2.05) is 30.3 Å². The molecule has 21 heavy (non-hydrogen) atoms. The van der Waals surface area contributed by atoms with Gasteiger partial charge in [0.25, 0.3) is 0 Å². The van der Waals surface area contributed by atoms with Crippen molar-refractivity contribution in [1.82, 2.24) is 5.32 Å². The van der Waals surface area contributed by atoms with Gasteiger partial charge in [-0.25, -0.2) is 9.18 Å². The van der Waals surface area contributed by atoms with E-state index >= 15 is 0 Å². The maximum absolute atomic E-state index is 12.7. The molecule has 2 aromatic carbocycles. The third-order valence-corrected chi connectivity index (χ3v) is 2.61. The summed E-state index contributed by atoms with van der Waals surface area (Å²) in [6, 6.07) is 15.2. The fourth-order valence-electron chi connectivity index (χ4n) is 1.57. The molecule has 2 aromatic rings. The lowest BCUT2D eigenvalue weighted by Crippen LogP contribution is -2.24. The summed E-state index contributed by atoms with van der Waals surface area (Å²) in [6.07, 6.45) is -0.521. The van der Waals surface area contributed by atoms with Crippen molar-refractivity contribution >= 4 is 6.09 Å². The van der Waals surface area contributed by atoms with Crippen LogP contribution in [0, 0.1) is 17.7 Å². The lowest BCUT2D eigenvalue weighted by atomic mass is 10.2. The Morgan fingerprint density at radius 3 is 2.52 bits per heavy atom. The Morgan fingerprint density at radius 2 is 1.81 bits per heavy atom. The van der Waals surface area contributed by atoms with Gasteiger partial charge < -0.3 is 10.1 Å². The smallest absolute Gasteiger partial charge is 0.408 e. The molecule has 0 unspecified atom stereocenters. The fourth-order valence-corrected chi connectivity index (χ4v) is 1.57. The Hall–Kier alpha value is -2.80. The second-order valence-corrected chi connectivity index (χ2v) is 4.22. The van der Waals surface area contributed by atoms with Gasteiger partial charge >= 0.3 is 6.09 Å². The van der Waals surface area contributed by atoms with Crippen molar-refractivity contribution in [1.29, 1.82) is 0 Å². The molecule has 0 aliphatic carbocycles. The molecule has 1 N–H and O–H groups in total. The first-order valence-corrected chi connectivity index (χ1v) is 6.43. The van der Waals surface area contributed by atoms with Gasteiger partial charge in [-0.05, 0) is 29.8 Å². The van der Waals surface area contributed by atoms with E-state index in [4.69, 9.17) is 4.74 Å². The molecule has 0 saturated carbocycles. The van der Waals surface area contributed by atoms with Gasteiger partial charge in [0.2, 0.25) is 0 Å². The van der Waals surface area contributed by atoms with Crippen molar-refractivity contribution in [3.63, 3.8) is 0 Å². The summed E-state index contributed by atoms with van der Waals surface area (Å²) in [4.78, 5) is 11.4. The molecule has 0 saturated heterocycles. The molecular weight excluding hydrogens is 269 g/mol. The zero-order valence-corrected chi connectivity index (χ0v) is 11.3. The zero-order valence-electron chi connectivity index (χ0n) is 11.3. The second-order valence-electron chi connectivity index (χ2n) is 4.22. The van der Waals surface area contributed by atoms with Gasteiger partial charge in [-0.1, -0.05) is 42.2 Å². The molecule has 1 amide bonds. The maximum atomic E-state index is 12.7. The Balaban J connectivity index is 1.71. The summed E-state index contributed by atoms with van der Waals surface area (Å²) < 4.78 is 17.7. The van der Waals surface area contributed by atoms with E-state index in [1.54, 1.807) is 12.1 Å². The molecule has 0 atom stereocenters. The standard InChI is InChI=1S/C17H14FNO2/c18-16-10-8-14(9-11-16)7-4-12-19-17(20)21-13-15-5-2-1-3-6-15/h1-3,5-6,8-11H,12-13H2,(H,19,20). The summed E-state index contributed by atoms with van der Waals surface area (Å²) in [5.74, 6) is 5.28. The molecule has 0 aromatic heterocycles. The van der Waals surface area contributed by atoms with E-state index < -0.39 is 6.09 Å². The highest BCUT2D eigenvalue weighted by Gasteiger charge is 2.00. The largest absolute Gasteiger partial charge is 0.445 e. The molecule has 0 fully saturated rings. The molecular formula is C17H14FNO2. The van der Waals surface area contributed by atoms with Crippen molar-refractivity contribution in [2.75, 3.05) is 6.54 Å². The van der Waals surface area contributed by atoms with Gasteiger partial charge in [0.05, 0.1) is 6.54 Å². The topological polar surface area (TPSA) is 38.3 Å². The SMILES string of the molecule is O=C(NCC#Cc1ccc(F)cc1)OCc1ccccc1. The summed E-state index contributed by atoms with van der Waals surface area (Å²) in [5.41, 5.74) is 1.61. The van der Waals surface area contributed by atoms with Gasteiger partial charge in [-0.2, -0.15) is 0 Å². The molecule has 0 heterocycles. The van der Waals surface area contributed by atoms with Crippen molar-refractivity contribution in [2.45, 2.75) is 6.61 Å². The van der Waals surface area contributed by atoms with E-state index in [0.29, 0.717) is 5.56 Å². The van der Waals surface area contributed by atoms with Gasteiger partial charge in [0, 0.05) is 5.56 Å². The highest BCUT2D eigenvalue weighted by Crippen LogP contribution is 2.01. The minimum atomic E-state index is -0.521. The molecule has 4 heteroatoms. The van der Waals surface area contributed by atoms with Gasteiger partial charge in [0.15, 0.2) is 0 Å². The van der Waals surface area contributed by atoms with Crippen LogP contribution in [0.25, 0.3) is 0 Å². The molecule has 0 aliphatic heterocycles. The first-order valence-electron chi connectivity index (χ1n) is 6.43. The van der Waals surface area contributed by atoms with Crippen LogP contribution in [0.1, 0.15) is 11.1 Å². The number of rotatable bonds is 3. The van der Waals surface area contributed by atoms with E-state index in [1.165, 1.54) is 12.1 Å². The van der Waals surface area contributed by atoms with E-state index in [-0.39, 0.29) is 19.0 Å². The normalized spacial score (nSPS) is 9.38. The average molecular weight is 283 g/mol. The maximum Gasteiger partial charge on any atom is 0.408 e. The zero-order chi connectivity index (χ0) is 14.9. The summed E-state index contributed by atoms with van der Waals surface area (Å²) in [7, 11) is 0. The molecule has 106 valence electrons. The Kier molecular flexibility index (Phi) is 5.36. The van der Waals surface area contributed by atoms with Crippen LogP contribution in [0.2, 0.25) is 0 Å². The first-order chi connectivity index (χ1) is 10.2. The summed E-state index contributed by atoms with van der Waals surface area (Å²) in [6.45, 7) is 0.392. The third kappa shape index (κ3) is 5.37. The van der Waals surface area contributed by atoms with Crippen LogP contribution < -0.4 is 5.32 Å². The average Bonchev–Trinajstić information content (AvgIpc) is 2.52. The number of hydrogen-bond acceptors (Lipinski definition) is 2. The molecule has 2 rings (SSSR count). The predicted molar refractivity (Wildman–Crippen MR) is 77.9 cm³/mol. The minimum Gasteiger partial charge on any atom is -0.445 e. The lowest BCUT2D eigenvalue weighted by Gasteiger charge is -2.04. The first kappa shape index (κ1) is 14.6. The van der Waals surface area contributed by atoms with E-state index in [0.717, 1.165) is 5.56 Å².